The molecule has 110 valence electrons. The van der Waals surface area contributed by atoms with Gasteiger partial charge in [0.15, 0.2) is 4.34 Å². The van der Waals surface area contributed by atoms with E-state index in [0.29, 0.717) is 5.69 Å². The molecule has 0 fully saturated rings. The quantitative estimate of drug-likeness (QED) is 0.822. The number of thioether (sulfide) groups is 1. The van der Waals surface area contributed by atoms with Crippen LogP contribution >= 0.6 is 23.1 Å². The maximum Gasteiger partial charge on any atom is 0.335 e. The highest BCUT2D eigenvalue weighted by Gasteiger charge is 2.10. The van der Waals surface area contributed by atoms with E-state index in [0.717, 1.165) is 14.9 Å². The van der Waals surface area contributed by atoms with Crippen LogP contribution < -0.4 is 5.32 Å². The summed E-state index contributed by atoms with van der Waals surface area (Å²) in [5.41, 5.74) is 1.46. The molecule has 0 saturated carbocycles. The summed E-state index contributed by atoms with van der Waals surface area (Å²) < 4.78 is 0.735. The first-order valence-electron chi connectivity index (χ1n) is 6.02. The van der Waals surface area contributed by atoms with Gasteiger partial charge in [0.2, 0.25) is 5.91 Å². The van der Waals surface area contributed by atoms with Crippen LogP contribution in [0.25, 0.3) is 0 Å². The molecule has 0 saturated heterocycles. The molecule has 1 amide bonds. The number of nitrogens with zero attached hydrogens (tertiary/aromatic N) is 2. The van der Waals surface area contributed by atoms with Crippen molar-refractivity contribution in [3.05, 3.63) is 34.3 Å². The number of hydrogen-bond acceptors (Lipinski definition) is 6. The molecule has 1 aromatic heterocycles. The van der Waals surface area contributed by atoms with E-state index in [4.69, 9.17) is 5.11 Å². The Morgan fingerprint density at radius 2 is 2.10 bits per heavy atom. The fourth-order valence-electron chi connectivity index (χ4n) is 1.54. The van der Waals surface area contributed by atoms with E-state index in [1.165, 1.54) is 35.2 Å². The number of hydrogen-bond donors (Lipinski definition) is 2. The summed E-state index contributed by atoms with van der Waals surface area (Å²) >= 11 is 2.73. The number of carboxylic acid groups (broad SMARTS) is 1. The van der Waals surface area contributed by atoms with Crippen LogP contribution in [0.15, 0.2) is 22.5 Å². The predicted octanol–water partition coefficient (Wildman–Crippen LogP) is 2.58. The Balaban J connectivity index is 1.99. The number of nitrogens with one attached hydrogen (secondary N) is 1. The lowest BCUT2D eigenvalue weighted by Gasteiger charge is -2.08. The molecule has 0 spiro atoms. The highest BCUT2D eigenvalue weighted by Crippen LogP contribution is 2.22. The zero-order chi connectivity index (χ0) is 15.4. The summed E-state index contributed by atoms with van der Waals surface area (Å²) in [4.78, 5) is 22.8. The number of aromatic carboxylic acids is 1. The topological polar surface area (TPSA) is 92.2 Å². The lowest BCUT2D eigenvalue weighted by molar-refractivity contribution is -0.113. The van der Waals surface area contributed by atoms with E-state index >= 15 is 0 Å². The largest absolute Gasteiger partial charge is 0.478 e. The van der Waals surface area contributed by atoms with Crippen LogP contribution in [0.3, 0.4) is 0 Å². The van der Waals surface area contributed by atoms with Gasteiger partial charge in [-0.3, -0.25) is 4.79 Å². The molecule has 0 aliphatic rings. The van der Waals surface area contributed by atoms with Crippen LogP contribution in [-0.4, -0.2) is 32.9 Å². The van der Waals surface area contributed by atoms with Crippen LogP contribution in [0.1, 0.15) is 20.9 Å². The molecule has 21 heavy (non-hydrogen) atoms. The second-order valence-electron chi connectivity index (χ2n) is 4.26. The first kappa shape index (κ1) is 15.5. The zero-order valence-corrected chi connectivity index (χ0v) is 13.0. The fraction of sp³-hybridized carbons (Fsp3) is 0.231. The van der Waals surface area contributed by atoms with Gasteiger partial charge in [0, 0.05) is 5.69 Å². The van der Waals surface area contributed by atoms with Crippen molar-refractivity contribution in [1.29, 1.82) is 0 Å². The highest BCUT2D eigenvalue weighted by molar-refractivity contribution is 8.01. The van der Waals surface area contributed by atoms with Gasteiger partial charge in [0.1, 0.15) is 5.01 Å². The standard InChI is InChI=1S/C13H13N3O3S2/c1-7-3-4-9(12(18)19)5-10(7)14-11(17)6-20-13-16-15-8(2)21-13/h3-5H,6H2,1-2H3,(H,14,17)(H,18,19). The third-order valence-corrected chi connectivity index (χ3v) is 4.56. The molecule has 2 aromatic rings. The van der Waals surface area contributed by atoms with Gasteiger partial charge in [-0.05, 0) is 31.5 Å². The normalized spacial score (nSPS) is 10.4. The van der Waals surface area contributed by atoms with Crippen molar-refractivity contribution in [2.24, 2.45) is 0 Å². The number of carbonyl (C=O) groups excluding carboxylic acids is 1. The molecule has 6 nitrogen and oxygen atoms in total. The second-order valence-corrected chi connectivity index (χ2v) is 6.66. The van der Waals surface area contributed by atoms with E-state index < -0.39 is 5.97 Å². The van der Waals surface area contributed by atoms with Crippen LogP contribution in [0.2, 0.25) is 0 Å². The number of carbonyl (C=O) groups is 2. The molecular weight excluding hydrogens is 310 g/mol. The van der Waals surface area contributed by atoms with Gasteiger partial charge in [-0.2, -0.15) is 0 Å². The highest BCUT2D eigenvalue weighted by atomic mass is 32.2. The smallest absolute Gasteiger partial charge is 0.335 e. The maximum absolute atomic E-state index is 11.9. The Hall–Kier alpha value is -1.93. The molecule has 0 bridgehead atoms. The minimum Gasteiger partial charge on any atom is -0.478 e. The number of carboxylic acids is 1. The minimum absolute atomic E-state index is 0.142. The van der Waals surface area contributed by atoms with Gasteiger partial charge in [-0.25, -0.2) is 4.79 Å². The van der Waals surface area contributed by atoms with Gasteiger partial charge in [0.25, 0.3) is 0 Å². The average Bonchev–Trinajstić information content (AvgIpc) is 2.84. The van der Waals surface area contributed by atoms with Crippen LogP contribution in [0.4, 0.5) is 5.69 Å². The molecule has 0 aliphatic carbocycles. The first-order chi connectivity index (χ1) is 9.95. The lowest BCUT2D eigenvalue weighted by atomic mass is 10.1. The minimum atomic E-state index is -1.02. The third kappa shape index (κ3) is 4.27. The van der Waals surface area contributed by atoms with Crippen LogP contribution in [-0.2, 0) is 4.79 Å². The maximum atomic E-state index is 11.9. The van der Waals surface area contributed by atoms with Crippen molar-refractivity contribution in [2.45, 2.75) is 18.2 Å². The van der Waals surface area contributed by atoms with E-state index in [1.54, 1.807) is 6.07 Å². The fourth-order valence-corrected chi connectivity index (χ4v) is 3.16. The molecule has 0 aliphatic heterocycles. The number of benzene rings is 1. The van der Waals surface area contributed by atoms with E-state index in [-0.39, 0.29) is 17.2 Å². The molecule has 2 rings (SSSR count). The lowest BCUT2D eigenvalue weighted by Crippen LogP contribution is -2.15. The summed E-state index contributed by atoms with van der Waals surface area (Å²) in [6, 6.07) is 4.63. The van der Waals surface area contributed by atoms with Crippen LogP contribution in [0, 0.1) is 13.8 Å². The molecule has 2 N–H and O–H groups in total. The molecule has 1 aromatic carbocycles. The third-order valence-electron chi connectivity index (χ3n) is 2.59. The molecular formula is C13H13N3O3S2. The van der Waals surface area contributed by atoms with Crippen molar-refractivity contribution in [2.75, 3.05) is 11.1 Å². The van der Waals surface area contributed by atoms with E-state index in [9.17, 15) is 9.59 Å². The summed E-state index contributed by atoms with van der Waals surface area (Å²) in [6.45, 7) is 3.66. The summed E-state index contributed by atoms with van der Waals surface area (Å²) in [5, 5.41) is 20.3. The summed E-state index contributed by atoms with van der Waals surface area (Å²) in [7, 11) is 0. The zero-order valence-electron chi connectivity index (χ0n) is 11.4. The molecule has 8 heteroatoms. The number of rotatable bonds is 5. The van der Waals surface area contributed by atoms with Gasteiger partial charge < -0.3 is 10.4 Å². The summed E-state index contributed by atoms with van der Waals surface area (Å²) in [6.07, 6.45) is 0. The Bertz CT molecular complexity index is 685. The van der Waals surface area contributed by atoms with E-state index in [2.05, 4.69) is 15.5 Å². The van der Waals surface area contributed by atoms with Gasteiger partial charge in [0.05, 0.1) is 11.3 Å². The van der Waals surface area contributed by atoms with Gasteiger partial charge >= 0.3 is 5.97 Å². The Kier molecular flexibility index (Phi) is 4.92. The molecule has 0 atom stereocenters. The number of aromatic nitrogens is 2. The second kappa shape index (κ2) is 6.68. The Labute approximate surface area is 129 Å². The number of anilines is 1. The SMILES string of the molecule is Cc1nnc(SCC(=O)Nc2cc(C(=O)O)ccc2C)s1. The number of amides is 1. The van der Waals surface area contributed by atoms with Crippen molar-refractivity contribution in [1.82, 2.24) is 10.2 Å². The first-order valence-corrected chi connectivity index (χ1v) is 7.82. The molecule has 0 radical (unpaired) electrons. The average molecular weight is 323 g/mol. The van der Waals surface area contributed by atoms with E-state index in [1.807, 2.05) is 13.8 Å². The molecule has 0 unspecified atom stereocenters. The van der Waals surface area contributed by atoms with Gasteiger partial charge in [-0.1, -0.05) is 29.2 Å². The van der Waals surface area contributed by atoms with Crippen molar-refractivity contribution in [3.8, 4) is 0 Å². The van der Waals surface area contributed by atoms with Crippen molar-refractivity contribution in [3.63, 3.8) is 0 Å². The Morgan fingerprint density at radius 1 is 1.33 bits per heavy atom. The van der Waals surface area contributed by atoms with Crippen molar-refractivity contribution >= 4 is 40.7 Å². The monoisotopic (exact) mass is 323 g/mol. The molecule has 1 heterocycles. The number of aryl methyl sites for hydroxylation is 2. The van der Waals surface area contributed by atoms with Crippen molar-refractivity contribution < 1.29 is 14.7 Å². The van der Waals surface area contributed by atoms with Crippen LogP contribution in [0.5, 0.6) is 0 Å². The Morgan fingerprint density at radius 3 is 2.71 bits per heavy atom. The van der Waals surface area contributed by atoms with Gasteiger partial charge in [-0.15, -0.1) is 10.2 Å². The predicted molar refractivity (Wildman–Crippen MR) is 82.1 cm³/mol. The summed E-state index contributed by atoms with van der Waals surface area (Å²) in [5.74, 6) is -1.03.